The lowest BCUT2D eigenvalue weighted by molar-refractivity contribution is 0.0172. The van der Waals surface area contributed by atoms with E-state index < -0.39 is 15.8 Å². The summed E-state index contributed by atoms with van der Waals surface area (Å²) in [6.45, 7) is 0.742. The van der Waals surface area contributed by atoms with Gasteiger partial charge in [-0.3, -0.25) is 0 Å². The van der Waals surface area contributed by atoms with Gasteiger partial charge in [0.25, 0.3) is 5.92 Å². The fourth-order valence-electron chi connectivity index (χ4n) is 1.21. The zero-order valence-electron chi connectivity index (χ0n) is 8.80. The molecule has 0 atom stereocenters. The normalized spacial score (nSPS) is 12.8. The molecule has 0 aliphatic heterocycles. The Labute approximate surface area is 102 Å². The van der Waals surface area contributed by atoms with Crippen LogP contribution in [0.15, 0.2) is 23.1 Å². The van der Waals surface area contributed by atoms with Crippen LogP contribution in [0.4, 0.5) is 8.78 Å². The van der Waals surface area contributed by atoms with Crippen molar-refractivity contribution in [2.24, 2.45) is 0 Å². The van der Waals surface area contributed by atoms with Crippen LogP contribution >= 0.6 is 15.9 Å². The lowest BCUT2D eigenvalue weighted by Crippen LogP contribution is -2.09. The summed E-state index contributed by atoms with van der Waals surface area (Å²) < 4.78 is 48.9. The van der Waals surface area contributed by atoms with Gasteiger partial charge in [0, 0.05) is 24.1 Å². The molecule has 6 heteroatoms. The fourth-order valence-corrected chi connectivity index (χ4v) is 2.24. The molecular formula is C10H11BrF2O2S. The van der Waals surface area contributed by atoms with Gasteiger partial charge in [-0.05, 0) is 23.8 Å². The number of hydrogen-bond acceptors (Lipinski definition) is 2. The quantitative estimate of drug-likeness (QED) is 0.804. The van der Waals surface area contributed by atoms with E-state index in [9.17, 15) is 17.2 Å². The van der Waals surface area contributed by atoms with E-state index in [-0.39, 0.29) is 10.5 Å². The van der Waals surface area contributed by atoms with Crippen LogP contribution in [0, 0.1) is 0 Å². The molecule has 0 radical (unpaired) electrons. The first-order valence-corrected chi connectivity index (χ1v) is 7.44. The van der Waals surface area contributed by atoms with Gasteiger partial charge >= 0.3 is 0 Å². The van der Waals surface area contributed by atoms with Gasteiger partial charge in [0.2, 0.25) is 0 Å². The highest BCUT2D eigenvalue weighted by atomic mass is 79.9. The molecule has 90 valence electrons. The van der Waals surface area contributed by atoms with Crippen LogP contribution in [0.5, 0.6) is 0 Å². The predicted octanol–water partition coefficient (Wildman–Crippen LogP) is 3.10. The summed E-state index contributed by atoms with van der Waals surface area (Å²) in [5.41, 5.74) is 0.226. The molecule has 0 saturated heterocycles. The summed E-state index contributed by atoms with van der Waals surface area (Å²) >= 11 is 3.12. The second kappa shape index (κ2) is 4.41. The lowest BCUT2D eigenvalue weighted by Gasteiger charge is -2.13. The largest absolute Gasteiger partial charge is 0.270 e. The van der Waals surface area contributed by atoms with E-state index in [2.05, 4.69) is 15.9 Å². The molecular weight excluding hydrogens is 302 g/mol. The van der Waals surface area contributed by atoms with Crippen molar-refractivity contribution in [3.05, 3.63) is 29.3 Å². The van der Waals surface area contributed by atoms with Gasteiger partial charge in [-0.25, -0.2) is 17.2 Å². The third-order valence-electron chi connectivity index (χ3n) is 2.06. The molecule has 0 N–H and O–H groups in total. The van der Waals surface area contributed by atoms with Crippen LogP contribution in [-0.4, -0.2) is 14.7 Å². The Hall–Kier alpha value is -0.490. The highest BCUT2D eigenvalue weighted by Crippen LogP contribution is 2.30. The Morgan fingerprint density at radius 1 is 1.31 bits per heavy atom. The SMILES string of the molecule is CC(F)(F)c1cc(CBr)cc(S(C)(=O)=O)c1. The van der Waals surface area contributed by atoms with E-state index in [1.807, 2.05) is 0 Å². The molecule has 0 unspecified atom stereocenters. The number of halogens is 3. The summed E-state index contributed by atoms with van der Waals surface area (Å²) in [5, 5.41) is 0.333. The number of alkyl halides is 3. The van der Waals surface area contributed by atoms with E-state index in [1.165, 1.54) is 12.1 Å². The average Bonchev–Trinajstić information content (AvgIpc) is 2.14. The second-order valence-electron chi connectivity index (χ2n) is 3.66. The van der Waals surface area contributed by atoms with E-state index in [0.717, 1.165) is 19.2 Å². The van der Waals surface area contributed by atoms with Crippen molar-refractivity contribution in [1.29, 1.82) is 0 Å². The molecule has 1 aromatic rings. The van der Waals surface area contributed by atoms with Gasteiger partial charge in [0.05, 0.1) is 4.90 Å². The Morgan fingerprint density at radius 2 is 1.88 bits per heavy atom. The number of sulfone groups is 1. The molecule has 16 heavy (non-hydrogen) atoms. The monoisotopic (exact) mass is 312 g/mol. The lowest BCUT2D eigenvalue weighted by atomic mass is 10.1. The topological polar surface area (TPSA) is 34.1 Å². The minimum atomic E-state index is -3.47. The minimum Gasteiger partial charge on any atom is -0.224 e. The maximum absolute atomic E-state index is 13.1. The van der Waals surface area contributed by atoms with E-state index in [4.69, 9.17) is 0 Å². The standard InChI is InChI=1S/C10H11BrF2O2S/c1-10(12,13)8-3-7(6-11)4-9(5-8)16(2,14)15/h3-5H,6H2,1-2H3. The highest BCUT2D eigenvalue weighted by Gasteiger charge is 2.26. The molecule has 0 amide bonds. The van der Waals surface area contributed by atoms with Gasteiger partial charge < -0.3 is 0 Å². The zero-order valence-corrected chi connectivity index (χ0v) is 11.2. The molecule has 0 aromatic heterocycles. The summed E-state index contributed by atoms with van der Waals surface area (Å²) in [7, 11) is -3.47. The average molecular weight is 313 g/mol. The van der Waals surface area contributed by atoms with Crippen molar-refractivity contribution in [1.82, 2.24) is 0 Å². The van der Waals surface area contributed by atoms with Crippen LogP contribution in [0.1, 0.15) is 18.1 Å². The zero-order chi connectivity index (χ0) is 12.6. The third kappa shape index (κ3) is 3.25. The molecule has 0 aliphatic rings. The highest BCUT2D eigenvalue weighted by molar-refractivity contribution is 9.08. The maximum Gasteiger partial charge on any atom is 0.270 e. The first kappa shape index (κ1) is 13.6. The van der Waals surface area contributed by atoms with E-state index in [1.54, 1.807) is 0 Å². The fraction of sp³-hybridized carbons (Fsp3) is 0.400. The Kier molecular flexibility index (Phi) is 3.74. The third-order valence-corrected chi connectivity index (χ3v) is 3.80. The van der Waals surface area contributed by atoms with Crippen molar-refractivity contribution in [2.75, 3.05) is 6.26 Å². The predicted molar refractivity (Wildman–Crippen MR) is 61.8 cm³/mol. The summed E-state index contributed by atoms with van der Waals surface area (Å²) in [4.78, 5) is -0.0824. The van der Waals surface area contributed by atoms with Crippen molar-refractivity contribution in [3.8, 4) is 0 Å². The van der Waals surface area contributed by atoms with Crippen LogP contribution < -0.4 is 0 Å². The first-order chi connectivity index (χ1) is 7.14. The molecule has 0 bridgehead atoms. The minimum absolute atomic E-state index is 0.0824. The molecule has 1 rings (SSSR count). The molecule has 0 spiro atoms. The Morgan fingerprint density at radius 3 is 2.25 bits per heavy atom. The smallest absolute Gasteiger partial charge is 0.224 e. The van der Waals surface area contributed by atoms with Crippen LogP contribution in [0.25, 0.3) is 0 Å². The van der Waals surface area contributed by atoms with Crippen molar-refractivity contribution < 1.29 is 17.2 Å². The maximum atomic E-state index is 13.1. The molecule has 1 aromatic carbocycles. The van der Waals surface area contributed by atoms with Gasteiger partial charge in [-0.1, -0.05) is 15.9 Å². The summed E-state index contributed by atoms with van der Waals surface area (Å²) in [6, 6.07) is 3.70. The van der Waals surface area contributed by atoms with Crippen LogP contribution in [0.3, 0.4) is 0 Å². The van der Waals surface area contributed by atoms with Crippen LogP contribution in [-0.2, 0) is 21.1 Å². The van der Waals surface area contributed by atoms with Crippen molar-refractivity contribution >= 4 is 25.8 Å². The molecule has 0 saturated carbocycles. The van der Waals surface area contributed by atoms with Gasteiger partial charge in [-0.15, -0.1) is 0 Å². The van der Waals surface area contributed by atoms with Crippen molar-refractivity contribution in [2.45, 2.75) is 23.1 Å². The molecule has 2 nitrogen and oxygen atoms in total. The van der Waals surface area contributed by atoms with E-state index in [0.29, 0.717) is 10.9 Å². The Balaban J connectivity index is 3.45. The van der Waals surface area contributed by atoms with Crippen molar-refractivity contribution in [3.63, 3.8) is 0 Å². The number of hydrogen-bond donors (Lipinski definition) is 0. The second-order valence-corrected chi connectivity index (χ2v) is 6.24. The van der Waals surface area contributed by atoms with Gasteiger partial charge in [0.15, 0.2) is 9.84 Å². The van der Waals surface area contributed by atoms with E-state index >= 15 is 0 Å². The molecule has 0 heterocycles. The van der Waals surface area contributed by atoms with Crippen LogP contribution in [0.2, 0.25) is 0 Å². The first-order valence-electron chi connectivity index (χ1n) is 4.43. The summed E-state index contributed by atoms with van der Waals surface area (Å²) in [5.74, 6) is -3.04. The molecule has 0 aliphatic carbocycles. The molecule has 0 fully saturated rings. The number of benzene rings is 1. The number of rotatable bonds is 3. The van der Waals surface area contributed by atoms with Gasteiger partial charge in [-0.2, -0.15) is 0 Å². The van der Waals surface area contributed by atoms with Gasteiger partial charge in [0.1, 0.15) is 0 Å². The summed E-state index contributed by atoms with van der Waals surface area (Å²) in [6.07, 6.45) is 0.998. The Bertz CT molecular complexity index is 492.